The van der Waals surface area contributed by atoms with Crippen LogP contribution in [0.2, 0.25) is 0 Å². The molecule has 11 heavy (non-hydrogen) atoms. The van der Waals surface area contributed by atoms with Gasteiger partial charge in [-0.3, -0.25) is 4.79 Å². The molecule has 3 aliphatic rings. The van der Waals surface area contributed by atoms with E-state index >= 15 is 0 Å². The second-order valence-electron chi connectivity index (χ2n) is 4.04. The minimum atomic E-state index is 0.0666. The number of Topliss-reactive ketones (excluding diaryl/α,β-unsaturated/α-hetero) is 1. The Labute approximate surface area is 65.9 Å². The quantitative estimate of drug-likeness (QED) is 0.520. The summed E-state index contributed by atoms with van der Waals surface area (Å²) in [6.45, 7) is 0.897. The Morgan fingerprint density at radius 1 is 1.55 bits per heavy atom. The second kappa shape index (κ2) is 1.69. The summed E-state index contributed by atoms with van der Waals surface area (Å²) in [5.41, 5.74) is 0.0666. The topological polar surface area (TPSA) is 26.3 Å². The third kappa shape index (κ3) is 0.527. The van der Waals surface area contributed by atoms with E-state index in [1.807, 2.05) is 0 Å². The van der Waals surface area contributed by atoms with Crippen LogP contribution in [-0.4, -0.2) is 18.0 Å². The first-order chi connectivity index (χ1) is 5.33. The van der Waals surface area contributed by atoms with Gasteiger partial charge in [0.25, 0.3) is 0 Å². The van der Waals surface area contributed by atoms with Crippen molar-refractivity contribution in [2.24, 2.45) is 11.8 Å². The lowest BCUT2D eigenvalue weighted by Gasteiger charge is -2.45. The van der Waals surface area contributed by atoms with Gasteiger partial charge in [0.2, 0.25) is 0 Å². The number of carbonyl (C=O) groups is 1. The second-order valence-corrected chi connectivity index (χ2v) is 4.04. The Kier molecular flexibility index (Phi) is 0.947. The molecule has 1 spiro atoms. The van der Waals surface area contributed by atoms with E-state index in [4.69, 9.17) is 4.74 Å². The van der Waals surface area contributed by atoms with Gasteiger partial charge in [0.1, 0.15) is 5.78 Å². The molecule has 1 aliphatic heterocycles. The fraction of sp³-hybridized carbons (Fsp3) is 0.889. The lowest BCUT2D eigenvalue weighted by atomic mass is 9.63. The van der Waals surface area contributed by atoms with Crippen LogP contribution in [0.4, 0.5) is 0 Å². The van der Waals surface area contributed by atoms with Gasteiger partial charge in [-0.1, -0.05) is 0 Å². The molecule has 1 saturated heterocycles. The van der Waals surface area contributed by atoms with Gasteiger partial charge in [-0.2, -0.15) is 0 Å². The average molecular weight is 152 g/mol. The SMILES string of the molecule is O=C1CCC23OCCC2CC13. The van der Waals surface area contributed by atoms with Crippen molar-refractivity contribution in [1.29, 1.82) is 0 Å². The standard InChI is InChI=1S/C9H12O2/c10-8-1-3-9-6(2-4-11-9)5-7(8)9/h6-7H,1-5H2. The Hall–Kier alpha value is -0.370. The summed E-state index contributed by atoms with van der Waals surface area (Å²) in [5.74, 6) is 1.50. The number of ether oxygens (including phenoxy) is 1. The third-order valence-electron chi connectivity index (χ3n) is 3.79. The molecule has 0 aromatic rings. The van der Waals surface area contributed by atoms with E-state index in [9.17, 15) is 4.79 Å². The van der Waals surface area contributed by atoms with Gasteiger partial charge in [0.15, 0.2) is 0 Å². The molecule has 2 aliphatic carbocycles. The van der Waals surface area contributed by atoms with Crippen LogP contribution in [-0.2, 0) is 9.53 Å². The van der Waals surface area contributed by atoms with Gasteiger partial charge in [-0.05, 0) is 25.2 Å². The highest BCUT2D eigenvalue weighted by Crippen LogP contribution is 2.59. The van der Waals surface area contributed by atoms with E-state index in [1.54, 1.807) is 0 Å². The fourth-order valence-corrected chi connectivity index (χ4v) is 3.13. The van der Waals surface area contributed by atoms with Crippen molar-refractivity contribution < 1.29 is 9.53 Å². The lowest BCUT2D eigenvalue weighted by Crippen LogP contribution is -2.51. The van der Waals surface area contributed by atoms with Gasteiger partial charge in [-0.25, -0.2) is 0 Å². The minimum Gasteiger partial charge on any atom is -0.374 e. The molecule has 3 atom stereocenters. The molecule has 0 aromatic carbocycles. The number of rotatable bonds is 0. The molecular weight excluding hydrogens is 140 g/mol. The molecule has 2 nitrogen and oxygen atoms in total. The predicted octanol–water partition coefficient (Wildman–Crippen LogP) is 1.14. The Morgan fingerprint density at radius 2 is 2.45 bits per heavy atom. The fourth-order valence-electron chi connectivity index (χ4n) is 3.13. The highest BCUT2D eigenvalue weighted by molar-refractivity contribution is 5.86. The van der Waals surface area contributed by atoms with Crippen LogP contribution in [0.5, 0.6) is 0 Å². The molecule has 1 heterocycles. The maximum atomic E-state index is 11.3. The van der Waals surface area contributed by atoms with Gasteiger partial charge in [0.05, 0.1) is 5.60 Å². The van der Waals surface area contributed by atoms with Crippen LogP contribution in [0.1, 0.15) is 25.7 Å². The van der Waals surface area contributed by atoms with Crippen LogP contribution in [0.3, 0.4) is 0 Å². The number of hydrogen-bond acceptors (Lipinski definition) is 2. The van der Waals surface area contributed by atoms with Crippen LogP contribution in [0.15, 0.2) is 0 Å². The number of hydrogen-bond donors (Lipinski definition) is 0. The van der Waals surface area contributed by atoms with Gasteiger partial charge in [-0.15, -0.1) is 0 Å². The van der Waals surface area contributed by atoms with Gasteiger partial charge < -0.3 is 4.74 Å². The highest BCUT2D eigenvalue weighted by Gasteiger charge is 2.64. The maximum absolute atomic E-state index is 11.3. The summed E-state index contributed by atoms with van der Waals surface area (Å²) in [6, 6.07) is 0. The Bertz CT molecular complexity index is 224. The zero-order valence-corrected chi connectivity index (χ0v) is 6.51. The molecule has 0 radical (unpaired) electrons. The van der Waals surface area contributed by atoms with Crippen molar-refractivity contribution in [3.05, 3.63) is 0 Å². The normalized spacial score (nSPS) is 53.6. The van der Waals surface area contributed by atoms with Gasteiger partial charge in [0, 0.05) is 18.9 Å². The van der Waals surface area contributed by atoms with Crippen LogP contribution < -0.4 is 0 Å². The van der Waals surface area contributed by atoms with Crippen LogP contribution in [0, 0.1) is 11.8 Å². The molecule has 0 N–H and O–H groups in total. The van der Waals surface area contributed by atoms with Crippen molar-refractivity contribution in [2.75, 3.05) is 6.61 Å². The summed E-state index contributed by atoms with van der Waals surface area (Å²) in [6.07, 6.45) is 4.12. The van der Waals surface area contributed by atoms with E-state index in [0.29, 0.717) is 11.7 Å². The average Bonchev–Trinajstić information content (AvgIpc) is 2.39. The number of ketones is 1. The molecule has 3 fully saturated rings. The monoisotopic (exact) mass is 152 g/mol. The van der Waals surface area contributed by atoms with Crippen molar-refractivity contribution in [1.82, 2.24) is 0 Å². The lowest BCUT2D eigenvalue weighted by molar-refractivity contribution is -0.144. The zero-order chi connectivity index (χ0) is 7.47. The minimum absolute atomic E-state index is 0.0666. The first-order valence-electron chi connectivity index (χ1n) is 4.49. The predicted molar refractivity (Wildman–Crippen MR) is 39.1 cm³/mol. The Morgan fingerprint density at radius 3 is 3.18 bits per heavy atom. The summed E-state index contributed by atoms with van der Waals surface area (Å²) >= 11 is 0. The van der Waals surface area contributed by atoms with Crippen molar-refractivity contribution in [3.63, 3.8) is 0 Å². The van der Waals surface area contributed by atoms with Crippen molar-refractivity contribution in [3.8, 4) is 0 Å². The summed E-state index contributed by atoms with van der Waals surface area (Å²) in [4.78, 5) is 11.3. The molecule has 3 unspecified atom stereocenters. The zero-order valence-electron chi connectivity index (χ0n) is 6.51. The van der Waals surface area contributed by atoms with Crippen molar-refractivity contribution in [2.45, 2.75) is 31.3 Å². The molecule has 3 rings (SSSR count). The first kappa shape index (κ1) is 6.18. The molecule has 60 valence electrons. The van der Waals surface area contributed by atoms with E-state index < -0.39 is 0 Å². The molecule has 0 aromatic heterocycles. The smallest absolute Gasteiger partial charge is 0.138 e. The molecule has 0 amide bonds. The summed E-state index contributed by atoms with van der Waals surface area (Å²) < 4.78 is 5.71. The van der Waals surface area contributed by atoms with Crippen LogP contribution in [0.25, 0.3) is 0 Å². The third-order valence-corrected chi connectivity index (χ3v) is 3.79. The molecule has 2 saturated carbocycles. The molecular formula is C9H12O2. The largest absolute Gasteiger partial charge is 0.374 e. The van der Waals surface area contributed by atoms with E-state index in [0.717, 1.165) is 31.8 Å². The summed E-state index contributed by atoms with van der Waals surface area (Å²) in [7, 11) is 0. The highest BCUT2D eigenvalue weighted by atomic mass is 16.5. The van der Waals surface area contributed by atoms with E-state index in [2.05, 4.69) is 0 Å². The molecule has 0 bridgehead atoms. The van der Waals surface area contributed by atoms with Gasteiger partial charge >= 0.3 is 0 Å². The molecule has 2 heteroatoms. The summed E-state index contributed by atoms with van der Waals surface area (Å²) in [5, 5.41) is 0. The Balaban J connectivity index is 1.98. The van der Waals surface area contributed by atoms with Crippen LogP contribution >= 0.6 is 0 Å². The van der Waals surface area contributed by atoms with E-state index in [1.165, 1.54) is 6.42 Å². The maximum Gasteiger partial charge on any atom is 0.138 e. The van der Waals surface area contributed by atoms with E-state index in [-0.39, 0.29) is 5.60 Å². The number of carbonyl (C=O) groups excluding carboxylic acids is 1. The first-order valence-corrected chi connectivity index (χ1v) is 4.49. The van der Waals surface area contributed by atoms with Crippen molar-refractivity contribution >= 4 is 5.78 Å².